The predicted molar refractivity (Wildman–Crippen MR) is 102 cm³/mol. The molecule has 2 saturated heterocycles. The second kappa shape index (κ2) is 8.43. The largest absolute Gasteiger partial charge is 0.497 e. The highest BCUT2D eigenvalue weighted by Crippen LogP contribution is 2.25. The molecule has 1 N–H and O–H groups in total. The van der Waals surface area contributed by atoms with E-state index in [0.29, 0.717) is 6.42 Å². The summed E-state index contributed by atoms with van der Waals surface area (Å²) in [7, 11) is 1.64. The van der Waals surface area contributed by atoms with Crippen LogP contribution >= 0.6 is 0 Å². The topological polar surface area (TPSA) is 61.9 Å². The van der Waals surface area contributed by atoms with Gasteiger partial charge in [0.05, 0.1) is 7.11 Å². The Morgan fingerprint density at radius 3 is 2.81 bits per heavy atom. The van der Waals surface area contributed by atoms with E-state index >= 15 is 0 Å². The number of nitrogens with zero attached hydrogens (tertiary/aromatic N) is 2. The lowest BCUT2D eigenvalue weighted by atomic mass is 9.99. The third kappa shape index (κ3) is 4.29. The number of carbonyl (C=O) groups is 2. The number of hydrogen-bond acceptors (Lipinski definition) is 3. The number of anilines is 1. The Balaban J connectivity index is 1.61. The summed E-state index contributed by atoms with van der Waals surface area (Å²) in [5.74, 6) is 1.04. The van der Waals surface area contributed by atoms with Gasteiger partial charge < -0.3 is 19.9 Å². The first-order valence-corrected chi connectivity index (χ1v) is 9.58. The second-order valence-electron chi connectivity index (χ2n) is 7.23. The molecule has 3 amide bonds. The number of methoxy groups -OCH3 is 1. The number of likely N-dealkylation sites (tertiary alicyclic amines) is 2. The summed E-state index contributed by atoms with van der Waals surface area (Å²) in [4.78, 5) is 28.6. The van der Waals surface area contributed by atoms with E-state index in [1.807, 2.05) is 34.9 Å². The molecule has 3 rings (SSSR count). The molecular formula is C20H29N3O3. The lowest BCUT2D eigenvalue weighted by molar-refractivity contribution is -0.127. The first-order chi connectivity index (χ1) is 12.6. The highest BCUT2D eigenvalue weighted by Gasteiger charge is 2.28. The SMILES string of the molecule is COc1ccc(NC(=O)N2CCCC[C@@H]2CCN2CCCC2=O)c(C)c1. The minimum atomic E-state index is -0.0456. The van der Waals surface area contributed by atoms with E-state index in [4.69, 9.17) is 4.74 Å². The summed E-state index contributed by atoms with van der Waals surface area (Å²) in [6.45, 7) is 4.36. The fourth-order valence-electron chi connectivity index (χ4n) is 3.90. The highest BCUT2D eigenvalue weighted by molar-refractivity contribution is 5.90. The number of amides is 3. The van der Waals surface area contributed by atoms with E-state index in [1.165, 1.54) is 0 Å². The molecular weight excluding hydrogens is 330 g/mol. The summed E-state index contributed by atoms with van der Waals surface area (Å²) < 4.78 is 5.22. The maximum absolute atomic E-state index is 12.8. The molecule has 2 fully saturated rings. The molecule has 0 spiro atoms. The van der Waals surface area contributed by atoms with Gasteiger partial charge in [-0.25, -0.2) is 4.79 Å². The number of hydrogen-bond donors (Lipinski definition) is 1. The minimum Gasteiger partial charge on any atom is -0.497 e. The van der Waals surface area contributed by atoms with Crippen LogP contribution in [0.4, 0.5) is 10.5 Å². The van der Waals surface area contributed by atoms with Crippen molar-refractivity contribution in [2.45, 2.75) is 51.5 Å². The lowest BCUT2D eigenvalue weighted by Gasteiger charge is -2.36. The van der Waals surface area contributed by atoms with Crippen LogP contribution < -0.4 is 10.1 Å². The molecule has 1 aromatic carbocycles. The van der Waals surface area contributed by atoms with Crippen molar-refractivity contribution in [1.29, 1.82) is 0 Å². The van der Waals surface area contributed by atoms with Crippen LogP contribution in [0.2, 0.25) is 0 Å². The molecule has 0 unspecified atom stereocenters. The Labute approximate surface area is 155 Å². The standard InChI is InChI=1S/C20H29N3O3/c1-15-14-17(26-2)8-9-18(15)21-20(25)23-12-4-3-6-16(23)10-13-22-11-5-7-19(22)24/h8-9,14,16H,3-7,10-13H2,1-2H3,(H,21,25)/t16-/m1/s1. The smallest absolute Gasteiger partial charge is 0.322 e. The molecule has 26 heavy (non-hydrogen) atoms. The normalized spacial score (nSPS) is 20.4. The van der Waals surface area contributed by atoms with Gasteiger partial charge in [-0.1, -0.05) is 0 Å². The summed E-state index contributed by atoms with van der Waals surface area (Å²) in [5.41, 5.74) is 1.80. The fraction of sp³-hybridized carbons (Fsp3) is 0.600. The van der Waals surface area contributed by atoms with Crippen molar-refractivity contribution >= 4 is 17.6 Å². The zero-order valence-electron chi connectivity index (χ0n) is 15.8. The Bertz CT molecular complexity index is 662. The van der Waals surface area contributed by atoms with Gasteiger partial charge in [0.2, 0.25) is 5.91 Å². The Hall–Kier alpha value is -2.24. The van der Waals surface area contributed by atoms with Crippen LogP contribution in [0.1, 0.15) is 44.1 Å². The van der Waals surface area contributed by atoms with E-state index in [9.17, 15) is 9.59 Å². The molecule has 0 radical (unpaired) electrons. The number of urea groups is 1. The van der Waals surface area contributed by atoms with E-state index in [-0.39, 0.29) is 18.0 Å². The Kier molecular flexibility index (Phi) is 6.01. The van der Waals surface area contributed by atoms with Gasteiger partial charge in [-0.2, -0.15) is 0 Å². The molecule has 1 aromatic rings. The van der Waals surface area contributed by atoms with Crippen LogP contribution in [0.25, 0.3) is 0 Å². The number of ether oxygens (including phenoxy) is 1. The first-order valence-electron chi connectivity index (χ1n) is 9.58. The van der Waals surface area contributed by atoms with Crippen molar-refractivity contribution in [1.82, 2.24) is 9.80 Å². The second-order valence-corrected chi connectivity index (χ2v) is 7.23. The van der Waals surface area contributed by atoms with Crippen molar-refractivity contribution in [2.24, 2.45) is 0 Å². The van der Waals surface area contributed by atoms with Crippen molar-refractivity contribution in [2.75, 3.05) is 32.1 Å². The molecule has 2 aliphatic heterocycles. The van der Waals surface area contributed by atoms with Crippen LogP contribution in [0.15, 0.2) is 18.2 Å². The van der Waals surface area contributed by atoms with E-state index in [1.54, 1.807) is 7.11 Å². The van der Waals surface area contributed by atoms with Crippen molar-refractivity contribution in [3.63, 3.8) is 0 Å². The van der Waals surface area contributed by atoms with Gasteiger partial charge in [0, 0.05) is 37.8 Å². The summed E-state index contributed by atoms with van der Waals surface area (Å²) >= 11 is 0. The molecule has 0 saturated carbocycles. The van der Waals surface area contributed by atoms with Gasteiger partial charge in [0.15, 0.2) is 0 Å². The average molecular weight is 359 g/mol. The minimum absolute atomic E-state index is 0.0456. The number of carbonyl (C=O) groups excluding carboxylic acids is 2. The average Bonchev–Trinajstić information content (AvgIpc) is 3.06. The molecule has 2 aliphatic rings. The zero-order chi connectivity index (χ0) is 18.5. The van der Waals surface area contributed by atoms with Gasteiger partial charge in [-0.15, -0.1) is 0 Å². The molecule has 0 aliphatic carbocycles. The number of rotatable bonds is 5. The first kappa shape index (κ1) is 18.5. The van der Waals surface area contributed by atoms with Gasteiger partial charge in [0.25, 0.3) is 0 Å². The monoisotopic (exact) mass is 359 g/mol. The molecule has 0 bridgehead atoms. The third-order valence-corrected chi connectivity index (χ3v) is 5.47. The highest BCUT2D eigenvalue weighted by atomic mass is 16.5. The number of piperidine rings is 1. The third-order valence-electron chi connectivity index (χ3n) is 5.47. The summed E-state index contributed by atoms with van der Waals surface area (Å²) in [6, 6.07) is 5.82. The predicted octanol–water partition coefficient (Wildman–Crippen LogP) is 3.40. The van der Waals surface area contributed by atoms with E-state index in [0.717, 1.165) is 68.7 Å². The van der Waals surface area contributed by atoms with Crippen LogP contribution in [0.3, 0.4) is 0 Å². The molecule has 142 valence electrons. The van der Waals surface area contributed by atoms with E-state index in [2.05, 4.69) is 5.32 Å². The molecule has 2 heterocycles. The van der Waals surface area contributed by atoms with Crippen molar-refractivity contribution in [3.05, 3.63) is 23.8 Å². The van der Waals surface area contributed by atoms with Gasteiger partial charge in [0.1, 0.15) is 5.75 Å². The molecule has 0 aromatic heterocycles. The van der Waals surface area contributed by atoms with Crippen LogP contribution in [0, 0.1) is 6.92 Å². The van der Waals surface area contributed by atoms with Gasteiger partial charge in [-0.05, 0) is 62.8 Å². The maximum Gasteiger partial charge on any atom is 0.322 e. The quantitative estimate of drug-likeness (QED) is 0.876. The van der Waals surface area contributed by atoms with Crippen molar-refractivity contribution < 1.29 is 14.3 Å². The summed E-state index contributed by atoms with van der Waals surface area (Å²) in [6.07, 6.45) is 5.69. The number of nitrogens with one attached hydrogen (secondary N) is 1. The van der Waals surface area contributed by atoms with E-state index < -0.39 is 0 Å². The fourth-order valence-corrected chi connectivity index (χ4v) is 3.90. The molecule has 1 atom stereocenters. The molecule has 6 nitrogen and oxygen atoms in total. The number of aryl methyl sites for hydroxylation is 1. The van der Waals surface area contributed by atoms with Gasteiger partial charge >= 0.3 is 6.03 Å². The van der Waals surface area contributed by atoms with Crippen molar-refractivity contribution in [3.8, 4) is 5.75 Å². The Morgan fingerprint density at radius 1 is 1.27 bits per heavy atom. The van der Waals surface area contributed by atoms with Crippen LogP contribution in [0.5, 0.6) is 5.75 Å². The number of benzene rings is 1. The van der Waals surface area contributed by atoms with Crippen LogP contribution in [-0.4, -0.2) is 54.5 Å². The Morgan fingerprint density at radius 2 is 2.12 bits per heavy atom. The zero-order valence-corrected chi connectivity index (χ0v) is 15.8. The maximum atomic E-state index is 12.8. The summed E-state index contributed by atoms with van der Waals surface area (Å²) in [5, 5.41) is 3.05. The molecule has 6 heteroatoms. The lowest BCUT2D eigenvalue weighted by Crippen LogP contribution is -2.47. The van der Waals surface area contributed by atoms with Gasteiger partial charge in [-0.3, -0.25) is 4.79 Å². The van der Waals surface area contributed by atoms with Crippen LogP contribution in [-0.2, 0) is 4.79 Å².